The van der Waals surface area contributed by atoms with Gasteiger partial charge < -0.3 is 10.1 Å². The molecule has 1 saturated carbocycles. The number of nitrogens with one attached hydrogen (secondary N) is 1. The minimum atomic E-state index is -0.825. The van der Waals surface area contributed by atoms with Crippen LogP contribution in [0.5, 0.6) is 0 Å². The lowest BCUT2D eigenvalue weighted by atomic mass is 9.81. The van der Waals surface area contributed by atoms with Crippen molar-refractivity contribution in [3.63, 3.8) is 0 Å². The molecule has 1 aromatic heterocycles. The number of amides is 1. The first-order valence-corrected chi connectivity index (χ1v) is 7.46. The Morgan fingerprint density at radius 2 is 2.05 bits per heavy atom. The van der Waals surface area contributed by atoms with Gasteiger partial charge in [0.25, 0.3) is 0 Å². The van der Waals surface area contributed by atoms with Crippen LogP contribution in [0.4, 0.5) is 0 Å². The number of carbonyl (C=O) groups excluding carboxylic acids is 2. The van der Waals surface area contributed by atoms with Gasteiger partial charge in [-0.2, -0.15) is 0 Å². The molecule has 5 nitrogen and oxygen atoms in total. The molecule has 0 unspecified atom stereocenters. The van der Waals surface area contributed by atoms with Gasteiger partial charge in [0.05, 0.1) is 7.11 Å². The highest BCUT2D eigenvalue weighted by Gasteiger charge is 2.41. The van der Waals surface area contributed by atoms with E-state index in [1.165, 1.54) is 7.11 Å². The molecular weight excluding hydrogens is 268 g/mol. The Hall–Kier alpha value is -1.91. The molecule has 1 aromatic rings. The third kappa shape index (κ3) is 4.03. The fourth-order valence-corrected chi connectivity index (χ4v) is 2.85. The van der Waals surface area contributed by atoms with E-state index in [2.05, 4.69) is 10.3 Å². The lowest BCUT2D eigenvalue weighted by Gasteiger charge is -2.35. The first kappa shape index (κ1) is 15.5. The third-order valence-electron chi connectivity index (χ3n) is 4.00. The van der Waals surface area contributed by atoms with Gasteiger partial charge in [0, 0.05) is 18.3 Å². The number of aromatic nitrogens is 1. The molecule has 0 atom stereocenters. The number of rotatable bonds is 5. The summed E-state index contributed by atoms with van der Waals surface area (Å²) in [6, 6.07) is 5.64. The number of ether oxygens (including phenoxy) is 1. The maximum Gasteiger partial charge on any atom is 0.331 e. The summed E-state index contributed by atoms with van der Waals surface area (Å²) >= 11 is 0. The Morgan fingerprint density at radius 3 is 2.67 bits per heavy atom. The summed E-state index contributed by atoms with van der Waals surface area (Å²) in [6.07, 6.45) is 6.92. The average molecular weight is 290 g/mol. The van der Waals surface area contributed by atoms with Gasteiger partial charge in [-0.05, 0) is 31.4 Å². The zero-order chi connectivity index (χ0) is 15.1. The van der Waals surface area contributed by atoms with E-state index in [0.717, 1.165) is 25.0 Å². The quantitative estimate of drug-likeness (QED) is 0.842. The van der Waals surface area contributed by atoms with Gasteiger partial charge in [0.2, 0.25) is 5.91 Å². The Bertz CT molecular complexity index is 482. The molecule has 0 aromatic carbocycles. The average Bonchev–Trinajstić information content (AvgIpc) is 2.54. The van der Waals surface area contributed by atoms with Crippen molar-refractivity contribution in [1.82, 2.24) is 10.3 Å². The molecular formula is C16H22N2O3. The van der Waals surface area contributed by atoms with Crippen molar-refractivity contribution in [3.05, 3.63) is 30.1 Å². The van der Waals surface area contributed by atoms with Gasteiger partial charge >= 0.3 is 5.97 Å². The number of esters is 1. The number of methoxy groups -OCH3 is 1. The number of hydrogen-bond donors (Lipinski definition) is 1. The van der Waals surface area contributed by atoms with Crippen LogP contribution in [-0.4, -0.2) is 29.5 Å². The SMILES string of the molecule is COC(=O)C1(NC(=O)CCc2ccccn2)CCCCC1. The van der Waals surface area contributed by atoms with Crippen LogP contribution in [0.15, 0.2) is 24.4 Å². The maximum atomic E-state index is 12.2. The van der Waals surface area contributed by atoms with Crippen LogP contribution in [0.1, 0.15) is 44.2 Å². The van der Waals surface area contributed by atoms with E-state index >= 15 is 0 Å². The van der Waals surface area contributed by atoms with E-state index in [-0.39, 0.29) is 11.9 Å². The van der Waals surface area contributed by atoms with Crippen LogP contribution in [-0.2, 0) is 20.7 Å². The summed E-state index contributed by atoms with van der Waals surface area (Å²) in [5.41, 5.74) is 0.0530. The van der Waals surface area contributed by atoms with E-state index in [4.69, 9.17) is 4.74 Å². The highest BCUT2D eigenvalue weighted by molar-refractivity contribution is 5.88. The van der Waals surface area contributed by atoms with Gasteiger partial charge in [0.15, 0.2) is 0 Å². The molecule has 0 aliphatic heterocycles. The van der Waals surface area contributed by atoms with Crippen molar-refractivity contribution in [3.8, 4) is 0 Å². The lowest BCUT2D eigenvalue weighted by molar-refractivity contribution is -0.152. The predicted octanol–water partition coefficient (Wildman–Crippen LogP) is 2.01. The predicted molar refractivity (Wildman–Crippen MR) is 78.5 cm³/mol. The number of hydrogen-bond acceptors (Lipinski definition) is 4. The molecule has 5 heteroatoms. The van der Waals surface area contributed by atoms with Gasteiger partial charge in [-0.3, -0.25) is 9.78 Å². The van der Waals surface area contributed by atoms with Crippen molar-refractivity contribution < 1.29 is 14.3 Å². The number of carbonyl (C=O) groups is 2. The fourth-order valence-electron chi connectivity index (χ4n) is 2.85. The van der Waals surface area contributed by atoms with Crippen molar-refractivity contribution in [2.45, 2.75) is 50.5 Å². The molecule has 0 spiro atoms. The lowest BCUT2D eigenvalue weighted by Crippen LogP contribution is -2.56. The number of aryl methyl sites for hydroxylation is 1. The number of pyridine rings is 1. The van der Waals surface area contributed by atoms with E-state index < -0.39 is 5.54 Å². The Labute approximate surface area is 125 Å². The molecule has 0 saturated heterocycles. The Morgan fingerprint density at radius 1 is 1.29 bits per heavy atom. The summed E-state index contributed by atoms with van der Waals surface area (Å²) < 4.78 is 4.89. The topological polar surface area (TPSA) is 68.3 Å². The van der Waals surface area contributed by atoms with E-state index in [0.29, 0.717) is 25.7 Å². The summed E-state index contributed by atoms with van der Waals surface area (Å²) in [6.45, 7) is 0. The second kappa shape index (κ2) is 7.20. The molecule has 0 radical (unpaired) electrons. The van der Waals surface area contributed by atoms with Gasteiger partial charge in [-0.25, -0.2) is 4.79 Å². The van der Waals surface area contributed by atoms with Crippen molar-refractivity contribution in [2.75, 3.05) is 7.11 Å². The summed E-state index contributed by atoms with van der Waals surface area (Å²) in [5, 5.41) is 2.91. The second-order valence-electron chi connectivity index (χ2n) is 5.50. The summed E-state index contributed by atoms with van der Waals surface area (Å²) in [4.78, 5) is 28.4. The van der Waals surface area contributed by atoms with Crippen LogP contribution in [0.25, 0.3) is 0 Å². The third-order valence-corrected chi connectivity index (χ3v) is 4.00. The largest absolute Gasteiger partial charge is 0.467 e. The first-order chi connectivity index (χ1) is 10.2. The molecule has 1 aliphatic rings. The van der Waals surface area contributed by atoms with E-state index in [1.807, 2.05) is 18.2 Å². The van der Waals surface area contributed by atoms with Gasteiger partial charge in [-0.15, -0.1) is 0 Å². The monoisotopic (exact) mass is 290 g/mol. The molecule has 1 N–H and O–H groups in total. The van der Waals surface area contributed by atoms with Crippen molar-refractivity contribution in [1.29, 1.82) is 0 Å². The fraction of sp³-hybridized carbons (Fsp3) is 0.562. The molecule has 1 amide bonds. The Balaban J connectivity index is 1.93. The highest BCUT2D eigenvalue weighted by Crippen LogP contribution is 2.29. The zero-order valence-corrected chi connectivity index (χ0v) is 12.4. The van der Waals surface area contributed by atoms with E-state index in [9.17, 15) is 9.59 Å². The summed E-state index contributed by atoms with van der Waals surface area (Å²) in [5.74, 6) is -0.443. The van der Waals surface area contributed by atoms with Gasteiger partial charge in [-0.1, -0.05) is 25.3 Å². The molecule has 0 bridgehead atoms. The minimum absolute atomic E-state index is 0.118. The van der Waals surface area contributed by atoms with Gasteiger partial charge in [0.1, 0.15) is 5.54 Å². The van der Waals surface area contributed by atoms with Crippen molar-refractivity contribution in [2.24, 2.45) is 0 Å². The molecule has 21 heavy (non-hydrogen) atoms. The smallest absolute Gasteiger partial charge is 0.331 e. The Kier molecular flexibility index (Phi) is 5.31. The first-order valence-electron chi connectivity index (χ1n) is 7.46. The number of nitrogens with zero attached hydrogens (tertiary/aromatic N) is 1. The molecule has 2 rings (SSSR count). The zero-order valence-electron chi connectivity index (χ0n) is 12.4. The van der Waals surface area contributed by atoms with Crippen LogP contribution >= 0.6 is 0 Å². The van der Waals surface area contributed by atoms with Crippen molar-refractivity contribution >= 4 is 11.9 Å². The maximum absolute atomic E-state index is 12.2. The molecule has 1 heterocycles. The van der Waals surface area contributed by atoms with Crippen LogP contribution in [0.2, 0.25) is 0 Å². The van der Waals surface area contributed by atoms with Crippen LogP contribution in [0, 0.1) is 0 Å². The second-order valence-corrected chi connectivity index (χ2v) is 5.50. The minimum Gasteiger partial charge on any atom is -0.467 e. The van der Waals surface area contributed by atoms with Crippen LogP contribution in [0.3, 0.4) is 0 Å². The molecule has 1 aliphatic carbocycles. The van der Waals surface area contributed by atoms with Crippen LogP contribution < -0.4 is 5.32 Å². The standard InChI is InChI=1S/C16H22N2O3/c1-21-15(20)16(10-4-2-5-11-16)18-14(19)9-8-13-7-3-6-12-17-13/h3,6-7,12H,2,4-5,8-11H2,1H3,(H,18,19). The van der Waals surface area contributed by atoms with E-state index in [1.54, 1.807) is 6.20 Å². The normalized spacial score (nSPS) is 17.0. The molecule has 1 fully saturated rings. The highest BCUT2D eigenvalue weighted by atomic mass is 16.5. The molecule has 114 valence electrons. The summed E-state index contributed by atoms with van der Waals surface area (Å²) in [7, 11) is 1.37.